The van der Waals surface area contributed by atoms with Crippen LogP contribution in [0.25, 0.3) is 0 Å². The first-order chi connectivity index (χ1) is 8.60. The normalized spacial score (nSPS) is 18.2. The van der Waals surface area contributed by atoms with E-state index in [2.05, 4.69) is 43.9 Å². The van der Waals surface area contributed by atoms with Gasteiger partial charge in [-0.05, 0) is 32.4 Å². The first-order valence-electron chi connectivity index (χ1n) is 6.66. The van der Waals surface area contributed by atoms with E-state index in [4.69, 9.17) is 16.3 Å². The summed E-state index contributed by atoms with van der Waals surface area (Å²) in [5.41, 5.74) is 2.65. The smallest absolute Gasteiger partial charge is 0.123 e. The number of halogens is 1. The fourth-order valence-corrected chi connectivity index (χ4v) is 2.70. The van der Waals surface area contributed by atoms with Gasteiger partial charge in [0.1, 0.15) is 11.9 Å². The number of nitrogens with zero attached hydrogens (tertiary/aromatic N) is 1. The number of hydrogen-bond acceptors (Lipinski definition) is 2. The van der Waals surface area contributed by atoms with Crippen LogP contribution in [0.5, 0.6) is 5.75 Å². The molecule has 0 spiro atoms. The lowest BCUT2D eigenvalue weighted by molar-refractivity contribution is 0.133. The van der Waals surface area contributed by atoms with Crippen molar-refractivity contribution in [1.29, 1.82) is 0 Å². The third-order valence-corrected chi connectivity index (χ3v) is 3.67. The number of benzene rings is 1. The molecule has 1 aliphatic heterocycles. The molecule has 0 N–H and O–H groups in total. The van der Waals surface area contributed by atoms with Gasteiger partial charge in [0, 0.05) is 31.4 Å². The van der Waals surface area contributed by atoms with Gasteiger partial charge >= 0.3 is 0 Å². The van der Waals surface area contributed by atoms with Crippen molar-refractivity contribution >= 4 is 11.6 Å². The molecule has 1 aromatic carbocycles. The summed E-state index contributed by atoms with van der Waals surface area (Å²) < 4.78 is 6.00. The van der Waals surface area contributed by atoms with Gasteiger partial charge in [-0.1, -0.05) is 17.7 Å². The summed E-state index contributed by atoms with van der Waals surface area (Å²) in [6.45, 7) is 8.42. The van der Waals surface area contributed by atoms with Crippen molar-refractivity contribution in [2.75, 3.05) is 19.0 Å². The van der Waals surface area contributed by atoms with Crippen LogP contribution in [0.15, 0.2) is 18.2 Å². The maximum atomic E-state index is 6.00. The number of rotatable bonds is 5. The zero-order chi connectivity index (χ0) is 13.1. The maximum absolute atomic E-state index is 6.00. The highest BCUT2D eigenvalue weighted by molar-refractivity contribution is 6.18. The van der Waals surface area contributed by atoms with Gasteiger partial charge in [-0.2, -0.15) is 0 Å². The summed E-state index contributed by atoms with van der Waals surface area (Å²) in [5.74, 6) is 1.73. The molecule has 0 saturated heterocycles. The molecule has 100 valence electrons. The van der Waals surface area contributed by atoms with Gasteiger partial charge in [0.2, 0.25) is 0 Å². The van der Waals surface area contributed by atoms with E-state index in [0.717, 1.165) is 25.3 Å². The zero-order valence-corrected chi connectivity index (χ0v) is 12.2. The molecule has 0 amide bonds. The predicted octanol–water partition coefficient (Wildman–Crippen LogP) is 3.25. The Balaban J connectivity index is 1.98. The summed E-state index contributed by atoms with van der Waals surface area (Å²) in [7, 11) is 0. The van der Waals surface area contributed by atoms with Gasteiger partial charge in [-0.25, -0.2) is 0 Å². The van der Waals surface area contributed by atoms with Crippen LogP contribution in [0.4, 0.5) is 0 Å². The van der Waals surface area contributed by atoms with Gasteiger partial charge in [0.15, 0.2) is 0 Å². The van der Waals surface area contributed by atoms with E-state index in [1.807, 2.05) is 0 Å². The summed E-state index contributed by atoms with van der Waals surface area (Å²) in [4.78, 5) is 2.39. The van der Waals surface area contributed by atoms with Crippen LogP contribution in [0.1, 0.15) is 25.0 Å². The van der Waals surface area contributed by atoms with Gasteiger partial charge < -0.3 is 4.74 Å². The number of hydrogen-bond donors (Lipinski definition) is 0. The van der Waals surface area contributed by atoms with Gasteiger partial charge in [0.05, 0.1) is 0 Å². The summed E-state index contributed by atoms with van der Waals surface area (Å²) in [5, 5.41) is 0. The molecule has 1 aromatic rings. The fraction of sp³-hybridized carbons (Fsp3) is 0.600. The van der Waals surface area contributed by atoms with Crippen LogP contribution in [0.3, 0.4) is 0 Å². The van der Waals surface area contributed by atoms with Gasteiger partial charge in [0.25, 0.3) is 0 Å². The second kappa shape index (κ2) is 5.94. The Kier molecular flexibility index (Phi) is 4.52. The molecule has 18 heavy (non-hydrogen) atoms. The highest BCUT2D eigenvalue weighted by Gasteiger charge is 2.25. The molecule has 1 aliphatic rings. The second-order valence-electron chi connectivity index (χ2n) is 5.33. The molecular formula is C15H22ClNO. The van der Waals surface area contributed by atoms with Crippen molar-refractivity contribution in [3.8, 4) is 5.75 Å². The molecular weight excluding hydrogens is 246 g/mol. The van der Waals surface area contributed by atoms with E-state index in [1.54, 1.807) is 0 Å². The number of aryl methyl sites for hydroxylation is 1. The molecule has 1 atom stereocenters. The van der Waals surface area contributed by atoms with E-state index in [0.29, 0.717) is 11.9 Å². The Morgan fingerprint density at radius 2 is 2.22 bits per heavy atom. The van der Waals surface area contributed by atoms with Crippen LogP contribution in [-0.4, -0.2) is 36.0 Å². The van der Waals surface area contributed by atoms with Crippen LogP contribution < -0.4 is 4.74 Å². The Morgan fingerprint density at radius 1 is 1.44 bits per heavy atom. The van der Waals surface area contributed by atoms with Crippen molar-refractivity contribution in [2.45, 2.75) is 39.3 Å². The van der Waals surface area contributed by atoms with Crippen molar-refractivity contribution in [3.05, 3.63) is 29.3 Å². The number of fused-ring (bicyclic) bond motifs is 1. The monoisotopic (exact) mass is 267 g/mol. The SMILES string of the molecule is Cc1ccc2c(c1)CC(CN(CCCl)C(C)C)O2. The Morgan fingerprint density at radius 3 is 2.89 bits per heavy atom. The van der Waals surface area contributed by atoms with Crippen molar-refractivity contribution < 1.29 is 4.74 Å². The van der Waals surface area contributed by atoms with E-state index < -0.39 is 0 Å². The highest BCUT2D eigenvalue weighted by atomic mass is 35.5. The topological polar surface area (TPSA) is 12.5 Å². The Labute approximate surface area is 115 Å². The van der Waals surface area contributed by atoms with Crippen molar-refractivity contribution in [2.24, 2.45) is 0 Å². The highest BCUT2D eigenvalue weighted by Crippen LogP contribution is 2.29. The standard InChI is InChI=1S/C15H22ClNO/c1-11(2)17(7-6-16)10-14-9-13-8-12(3)4-5-15(13)18-14/h4-5,8,11,14H,6-7,9-10H2,1-3H3. The number of ether oxygens (including phenoxy) is 1. The lowest BCUT2D eigenvalue weighted by atomic mass is 10.1. The molecule has 1 heterocycles. The Bertz CT molecular complexity index is 405. The van der Waals surface area contributed by atoms with Crippen LogP contribution >= 0.6 is 11.6 Å². The lowest BCUT2D eigenvalue weighted by Gasteiger charge is -2.28. The molecule has 3 heteroatoms. The largest absolute Gasteiger partial charge is 0.488 e. The molecule has 0 radical (unpaired) electrons. The molecule has 0 saturated carbocycles. The number of alkyl halides is 1. The van der Waals surface area contributed by atoms with Gasteiger partial charge in [-0.3, -0.25) is 4.90 Å². The quantitative estimate of drug-likeness (QED) is 0.760. The lowest BCUT2D eigenvalue weighted by Crippen LogP contribution is -2.40. The van der Waals surface area contributed by atoms with Crippen molar-refractivity contribution in [3.63, 3.8) is 0 Å². The molecule has 2 rings (SSSR count). The molecule has 0 aromatic heterocycles. The van der Waals surface area contributed by atoms with E-state index in [-0.39, 0.29) is 6.10 Å². The summed E-state index contributed by atoms with van der Waals surface area (Å²) in [6.07, 6.45) is 1.29. The van der Waals surface area contributed by atoms with Crippen molar-refractivity contribution in [1.82, 2.24) is 4.90 Å². The van der Waals surface area contributed by atoms with Gasteiger partial charge in [-0.15, -0.1) is 11.6 Å². The Hall–Kier alpha value is -0.730. The maximum Gasteiger partial charge on any atom is 0.123 e. The predicted molar refractivity (Wildman–Crippen MR) is 76.7 cm³/mol. The zero-order valence-electron chi connectivity index (χ0n) is 11.4. The van der Waals surface area contributed by atoms with E-state index >= 15 is 0 Å². The minimum absolute atomic E-state index is 0.271. The summed E-state index contributed by atoms with van der Waals surface area (Å²) in [6, 6.07) is 6.95. The van der Waals surface area contributed by atoms with E-state index in [1.165, 1.54) is 11.1 Å². The molecule has 0 fully saturated rings. The minimum Gasteiger partial charge on any atom is -0.488 e. The summed E-state index contributed by atoms with van der Waals surface area (Å²) >= 11 is 5.85. The molecule has 1 unspecified atom stereocenters. The minimum atomic E-state index is 0.271. The fourth-order valence-electron chi connectivity index (χ4n) is 2.48. The average Bonchev–Trinajstić information content (AvgIpc) is 2.69. The molecule has 0 bridgehead atoms. The van der Waals surface area contributed by atoms with E-state index in [9.17, 15) is 0 Å². The molecule has 0 aliphatic carbocycles. The molecule has 2 nitrogen and oxygen atoms in total. The van der Waals surface area contributed by atoms with Crippen LogP contribution in [0, 0.1) is 6.92 Å². The first kappa shape index (κ1) is 13.7. The second-order valence-corrected chi connectivity index (χ2v) is 5.71. The van der Waals surface area contributed by atoms with Crippen LogP contribution in [-0.2, 0) is 6.42 Å². The third-order valence-electron chi connectivity index (χ3n) is 3.50. The third kappa shape index (κ3) is 3.18. The van der Waals surface area contributed by atoms with Crippen LogP contribution in [0.2, 0.25) is 0 Å². The average molecular weight is 268 g/mol. The first-order valence-corrected chi connectivity index (χ1v) is 7.20.